The number of methoxy groups -OCH3 is 1. The lowest BCUT2D eigenvalue weighted by Gasteiger charge is -2.15. The Morgan fingerprint density at radius 1 is 1.18 bits per heavy atom. The monoisotopic (exact) mass is 423 g/mol. The molecule has 0 aliphatic carbocycles. The second-order valence-corrected chi connectivity index (χ2v) is 8.74. The average Bonchev–Trinajstić information content (AvgIpc) is 2.61. The van der Waals surface area contributed by atoms with Crippen LogP contribution in [0.25, 0.3) is 6.08 Å². The van der Waals surface area contributed by atoms with Crippen LogP contribution in [0.15, 0.2) is 47.4 Å². The van der Waals surface area contributed by atoms with Gasteiger partial charge in [-0.1, -0.05) is 11.6 Å². The molecule has 0 saturated heterocycles. The molecular weight excluding hydrogens is 402 g/mol. The molecule has 0 aliphatic heterocycles. The number of halogens is 1. The van der Waals surface area contributed by atoms with E-state index in [1.165, 1.54) is 37.5 Å². The third kappa shape index (κ3) is 6.00. The Balaban J connectivity index is 2.12. The minimum Gasteiger partial charge on any atom is -0.493 e. The van der Waals surface area contributed by atoms with E-state index in [0.29, 0.717) is 27.8 Å². The van der Waals surface area contributed by atoms with Crippen molar-refractivity contribution < 1.29 is 22.7 Å². The molecule has 0 atom stereocenters. The lowest BCUT2D eigenvalue weighted by atomic mass is 10.1. The molecule has 0 spiro atoms. The molecule has 0 unspecified atom stereocenters. The molecule has 2 rings (SSSR count). The molecule has 0 fully saturated rings. The smallest absolute Gasteiger partial charge is 0.248 e. The number of anilines is 1. The Hall–Kier alpha value is -2.51. The number of nitrogens with one attached hydrogen (secondary N) is 1. The van der Waals surface area contributed by atoms with Gasteiger partial charge in [0.15, 0.2) is 21.3 Å². The molecule has 0 aromatic heterocycles. The van der Waals surface area contributed by atoms with Gasteiger partial charge in [0.1, 0.15) is 0 Å². The van der Waals surface area contributed by atoms with Gasteiger partial charge in [0.25, 0.3) is 0 Å². The first kappa shape index (κ1) is 21.8. The number of carbonyl (C=O) groups excluding carboxylic acids is 1. The van der Waals surface area contributed by atoms with Crippen LogP contribution in [-0.2, 0) is 14.6 Å². The predicted octanol–water partition coefficient (Wildman–Crippen LogP) is 4.19. The molecule has 28 heavy (non-hydrogen) atoms. The highest BCUT2D eigenvalue weighted by Crippen LogP contribution is 2.37. The molecule has 0 radical (unpaired) electrons. The van der Waals surface area contributed by atoms with Crippen molar-refractivity contribution in [3.63, 3.8) is 0 Å². The third-order valence-electron chi connectivity index (χ3n) is 3.58. The van der Waals surface area contributed by atoms with E-state index in [4.69, 9.17) is 21.1 Å². The van der Waals surface area contributed by atoms with E-state index in [1.807, 2.05) is 13.8 Å². The fourth-order valence-corrected chi connectivity index (χ4v) is 3.22. The molecule has 1 amide bonds. The minimum atomic E-state index is -3.28. The highest BCUT2D eigenvalue weighted by atomic mass is 35.5. The SMILES string of the molecule is COc1cc(C=CC(=O)Nc2ccc(S(C)(=O)=O)cc2)cc(Cl)c1OC(C)C. The summed E-state index contributed by atoms with van der Waals surface area (Å²) in [6.45, 7) is 3.77. The molecule has 2 aromatic rings. The Morgan fingerprint density at radius 3 is 2.36 bits per heavy atom. The fraction of sp³-hybridized carbons (Fsp3) is 0.250. The van der Waals surface area contributed by atoms with Crippen molar-refractivity contribution in [1.29, 1.82) is 0 Å². The summed E-state index contributed by atoms with van der Waals surface area (Å²) in [5, 5.41) is 3.04. The zero-order chi connectivity index (χ0) is 20.9. The second-order valence-electron chi connectivity index (χ2n) is 6.32. The Kier molecular flexibility index (Phi) is 7.10. The topological polar surface area (TPSA) is 81.7 Å². The van der Waals surface area contributed by atoms with Crippen LogP contribution in [0.3, 0.4) is 0 Å². The highest BCUT2D eigenvalue weighted by molar-refractivity contribution is 7.90. The van der Waals surface area contributed by atoms with Gasteiger partial charge in [0, 0.05) is 18.0 Å². The van der Waals surface area contributed by atoms with Gasteiger partial charge >= 0.3 is 0 Å². The maximum atomic E-state index is 12.1. The average molecular weight is 424 g/mol. The highest BCUT2D eigenvalue weighted by Gasteiger charge is 2.13. The summed E-state index contributed by atoms with van der Waals surface area (Å²) < 4.78 is 33.9. The van der Waals surface area contributed by atoms with E-state index in [-0.39, 0.29) is 16.9 Å². The van der Waals surface area contributed by atoms with E-state index >= 15 is 0 Å². The van der Waals surface area contributed by atoms with Crippen LogP contribution in [0.2, 0.25) is 5.02 Å². The Labute approximate surface area is 170 Å². The molecule has 2 aromatic carbocycles. The number of hydrogen-bond acceptors (Lipinski definition) is 5. The standard InChI is InChI=1S/C20H22ClNO5S/c1-13(2)27-20-17(21)11-14(12-18(20)26-3)5-10-19(23)22-15-6-8-16(9-7-15)28(4,24)25/h5-13H,1-4H3,(H,22,23). The number of ether oxygens (including phenoxy) is 2. The van der Waals surface area contributed by atoms with Crippen molar-refractivity contribution in [1.82, 2.24) is 0 Å². The van der Waals surface area contributed by atoms with Gasteiger partial charge in [0.2, 0.25) is 5.91 Å². The van der Waals surface area contributed by atoms with Crippen LogP contribution in [0, 0.1) is 0 Å². The minimum absolute atomic E-state index is 0.0624. The summed E-state index contributed by atoms with van der Waals surface area (Å²) in [6.07, 6.45) is 4.00. The zero-order valence-corrected chi connectivity index (χ0v) is 17.6. The number of rotatable bonds is 7. The van der Waals surface area contributed by atoms with Gasteiger partial charge < -0.3 is 14.8 Å². The summed E-state index contributed by atoms with van der Waals surface area (Å²) in [5.41, 5.74) is 1.15. The number of carbonyl (C=O) groups is 1. The molecule has 0 bridgehead atoms. The van der Waals surface area contributed by atoms with Gasteiger partial charge in [0.05, 0.1) is 23.1 Å². The van der Waals surface area contributed by atoms with E-state index in [9.17, 15) is 13.2 Å². The largest absolute Gasteiger partial charge is 0.493 e. The second kappa shape index (κ2) is 9.12. The molecule has 8 heteroatoms. The molecular formula is C20H22ClNO5S. The first-order valence-electron chi connectivity index (χ1n) is 8.43. The lowest BCUT2D eigenvalue weighted by Crippen LogP contribution is -2.08. The molecule has 0 saturated carbocycles. The van der Waals surface area contributed by atoms with Gasteiger partial charge in [-0.05, 0) is 61.9 Å². The fourth-order valence-electron chi connectivity index (χ4n) is 2.33. The van der Waals surface area contributed by atoms with Gasteiger partial charge in [-0.3, -0.25) is 4.79 Å². The van der Waals surface area contributed by atoms with Crippen LogP contribution in [0.1, 0.15) is 19.4 Å². The van der Waals surface area contributed by atoms with E-state index < -0.39 is 9.84 Å². The van der Waals surface area contributed by atoms with E-state index in [1.54, 1.807) is 18.2 Å². The van der Waals surface area contributed by atoms with Gasteiger partial charge in [-0.2, -0.15) is 0 Å². The number of benzene rings is 2. The number of hydrogen-bond donors (Lipinski definition) is 1. The summed E-state index contributed by atoms with van der Waals surface area (Å²) in [6, 6.07) is 9.32. The summed E-state index contributed by atoms with van der Waals surface area (Å²) >= 11 is 6.27. The van der Waals surface area contributed by atoms with Crippen LogP contribution in [-0.4, -0.2) is 33.8 Å². The quantitative estimate of drug-likeness (QED) is 0.675. The van der Waals surface area contributed by atoms with Crippen molar-refractivity contribution >= 4 is 39.1 Å². The maximum Gasteiger partial charge on any atom is 0.248 e. The third-order valence-corrected chi connectivity index (χ3v) is 4.99. The normalized spacial score (nSPS) is 11.6. The first-order valence-corrected chi connectivity index (χ1v) is 10.7. The molecule has 0 aliphatic rings. The maximum absolute atomic E-state index is 12.1. The summed E-state index contributed by atoms with van der Waals surface area (Å²) in [7, 11) is -1.76. The summed E-state index contributed by atoms with van der Waals surface area (Å²) in [5.74, 6) is 0.550. The van der Waals surface area contributed by atoms with Crippen molar-refractivity contribution in [2.45, 2.75) is 24.8 Å². The molecule has 1 N–H and O–H groups in total. The van der Waals surface area contributed by atoms with Crippen molar-refractivity contribution in [3.05, 3.63) is 53.1 Å². The number of amides is 1. The first-order chi connectivity index (χ1) is 13.1. The number of sulfone groups is 1. The summed E-state index contributed by atoms with van der Waals surface area (Å²) in [4.78, 5) is 12.3. The van der Waals surface area contributed by atoms with Gasteiger partial charge in [-0.25, -0.2) is 8.42 Å². The van der Waals surface area contributed by atoms with Crippen molar-refractivity contribution in [2.24, 2.45) is 0 Å². The van der Waals surface area contributed by atoms with E-state index in [0.717, 1.165) is 6.26 Å². The predicted molar refractivity (Wildman–Crippen MR) is 111 cm³/mol. The van der Waals surface area contributed by atoms with Crippen molar-refractivity contribution in [2.75, 3.05) is 18.7 Å². The van der Waals surface area contributed by atoms with Crippen molar-refractivity contribution in [3.8, 4) is 11.5 Å². The van der Waals surface area contributed by atoms with Crippen LogP contribution in [0.5, 0.6) is 11.5 Å². The molecule has 150 valence electrons. The van der Waals surface area contributed by atoms with Gasteiger partial charge in [-0.15, -0.1) is 0 Å². The Morgan fingerprint density at radius 2 is 1.82 bits per heavy atom. The lowest BCUT2D eigenvalue weighted by molar-refractivity contribution is -0.111. The van der Waals surface area contributed by atoms with Crippen LogP contribution in [0.4, 0.5) is 5.69 Å². The van der Waals surface area contributed by atoms with Crippen LogP contribution >= 0.6 is 11.6 Å². The Bertz CT molecular complexity index is 982. The molecule has 0 heterocycles. The van der Waals surface area contributed by atoms with E-state index in [2.05, 4.69) is 5.32 Å². The zero-order valence-electron chi connectivity index (χ0n) is 16.0. The van der Waals surface area contributed by atoms with Crippen LogP contribution < -0.4 is 14.8 Å². The molecule has 6 nitrogen and oxygen atoms in total.